The summed E-state index contributed by atoms with van der Waals surface area (Å²) in [5.41, 5.74) is 0. The number of nitrogens with zero attached hydrogens (tertiary/aromatic N) is 2. The smallest absolute Gasteiger partial charge is 0.216 e. The molecule has 0 saturated heterocycles. The molecular formula is C12H19ClN2O. The number of halogens is 1. The van der Waals surface area contributed by atoms with Crippen LogP contribution in [0.1, 0.15) is 50.3 Å². The lowest BCUT2D eigenvalue weighted by Gasteiger charge is -2.04. The fourth-order valence-corrected chi connectivity index (χ4v) is 2.47. The van der Waals surface area contributed by atoms with Crippen molar-refractivity contribution in [1.82, 2.24) is 10.2 Å². The molecule has 0 radical (unpaired) electrons. The maximum absolute atomic E-state index is 5.62. The van der Waals surface area contributed by atoms with E-state index in [1.807, 2.05) is 0 Å². The van der Waals surface area contributed by atoms with Crippen molar-refractivity contribution < 1.29 is 4.42 Å². The quantitative estimate of drug-likeness (QED) is 0.718. The summed E-state index contributed by atoms with van der Waals surface area (Å²) in [7, 11) is 0. The molecule has 0 aromatic carbocycles. The summed E-state index contributed by atoms with van der Waals surface area (Å²) in [5.74, 6) is 3.08. The van der Waals surface area contributed by atoms with Gasteiger partial charge in [0, 0.05) is 18.7 Å². The van der Waals surface area contributed by atoms with E-state index in [1.165, 1.54) is 32.1 Å². The second kappa shape index (κ2) is 6.24. The third-order valence-corrected chi connectivity index (χ3v) is 3.54. The average Bonchev–Trinajstić information content (AvgIpc) is 2.95. The van der Waals surface area contributed by atoms with Gasteiger partial charge in [0.15, 0.2) is 0 Å². The van der Waals surface area contributed by atoms with Crippen LogP contribution < -0.4 is 0 Å². The molecule has 1 heterocycles. The van der Waals surface area contributed by atoms with Gasteiger partial charge in [0.05, 0.1) is 0 Å². The third kappa shape index (κ3) is 3.48. The molecule has 0 bridgehead atoms. The van der Waals surface area contributed by atoms with E-state index in [-0.39, 0.29) is 0 Å². The largest absolute Gasteiger partial charge is 0.425 e. The lowest BCUT2D eigenvalue weighted by atomic mass is 10.0. The van der Waals surface area contributed by atoms with Gasteiger partial charge in [-0.05, 0) is 18.8 Å². The lowest BCUT2D eigenvalue weighted by Crippen LogP contribution is -1.96. The first-order valence-electron chi connectivity index (χ1n) is 6.25. The van der Waals surface area contributed by atoms with Crippen LogP contribution in [0.25, 0.3) is 0 Å². The molecule has 2 rings (SSSR count). The molecule has 4 heteroatoms. The predicted molar refractivity (Wildman–Crippen MR) is 63.6 cm³/mol. The van der Waals surface area contributed by atoms with E-state index >= 15 is 0 Å². The van der Waals surface area contributed by atoms with Crippen molar-refractivity contribution in [3.05, 3.63) is 11.8 Å². The van der Waals surface area contributed by atoms with Gasteiger partial charge in [0.2, 0.25) is 11.8 Å². The molecule has 0 amide bonds. The Morgan fingerprint density at radius 1 is 1.12 bits per heavy atom. The number of aromatic nitrogens is 2. The highest BCUT2D eigenvalue weighted by Gasteiger charge is 2.16. The van der Waals surface area contributed by atoms with Crippen molar-refractivity contribution in [2.45, 2.75) is 51.4 Å². The molecule has 1 fully saturated rings. The first-order chi connectivity index (χ1) is 7.88. The maximum Gasteiger partial charge on any atom is 0.216 e. The number of alkyl halides is 1. The Bertz CT molecular complexity index is 308. The summed E-state index contributed by atoms with van der Waals surface area (Å²) in [6.07, 6.45) is 9.42. The molecule has 0 aliphatic heterocycles. The molecule has 3 nitrogen and oxygen atoms in total. The van der Waals surface area contributed by atoms with Crippen molar-refractivity contribution >= 4 is 11.6 Å². The van der Waals surface area contributed by atoms with Gasteiger partial charge < -0.3 is 4.42 Å². The van der Waals surface area contributed by atoms with E-state index in [0.29, 0.717) is 5.88 Å². The summed E-state index contributed by atoms with van der Waals surface area (Å²) in [5, 5.41) is 8.09. The molecule has 0 N–H and O–H groups in total. The normalized spacial score (nSPS) is 17.1. The van der Waals surface area contributed by atoms with Crippen LogP contribution in [0.4, 0.5) is 0 Å². The second-order valence-corrected chi connectivity index (χ2v) is 4.95. The molecule has 1 aromatic rings. The predicted octanol–water partition coefficient (Wildman–Crippen LogP) is 3.36. The highest BCUT2D eigenvalue weighted by Crippen LogP contribution is 2.28. The monoisotopic (exact) mass is 242 g/mol. The molecule has 1 aliphatic carbocycles. The maximum atomic E-state index is 5.62. The summed E-state index contributed by atoms with van der Waals surface area (Å²) in [6, 6.07) is 0. The summed E-state index contributed by atoms with van der Waals surface area (Å²) in [4.78, 5) is 0. The zero-order valence-corrected chi connectivity index (χ0v) is 10.4. The molecule has 1 aliphatic rings. The Hall–Kier alpha value is -0.570. The molecule has 0 spiro atoms. The number of aryl methyl sites for hydroxylation is 2. The van der Waals surface area contributed by atoms with Gasteiger partial charge in [-0.2, -0.15) is 0 Å². The SMILES string of the molecule is ClCCCc1nnc(CCC2CCCC2)o1. The van der Waals surface area contributed by atoms with E-state index in [2.05, 4.69) is 10.2 Å². The first kappa shape index (κ1) is 11.9. The van der Waals surface area contributed by atoms with Crippen LogP contribution >= 0.6 is 11.6 Å². The van der Waals surface area contributed by atoms with E-state index < -0.39 is 0 Å². The lowest BCUT2D eigenvalue weighted by molar-refractivity contribution is 0.415. The van der Waals surface area contributed by atoms with Gasteiger partial charge in [0.25, 0.3) is 0 Å². The van der Waals surface area contributed by atoms with Crippen LogP contribution in [0.3, 0.4) is 0 Å². The highest BCUT2D eigenvalue weighted by atomic mass is 35.5. The van der Waals surface area contributed by atoms with Crippen LogP contribution in [0, 0.1) is 5.92 Å². The third-order valence-electron chi connectivity index (χ3n) is 3.27. The molecule has 1 saturated carbocycles. The van der Waals surface area contributed by atoms with Crippen LogP contribution in [-0.4, -0.2) is 16.1 Å². The van der Waals surface area contributed by atoms with Crippen LogP contribution in [-0.2, 0) is 12.8 Å². The van der Waals surface area contributed by atoms with Crippen molar-refractivity contribution in [2.24, 2.45) is 5.92 Å². The van der Waals surface area contributed by atoms with E-state index in [4.69, 9.17) is 16.0 Å². The van der Waals surface area contributed by atoms with E-state index in [0.717, 1.165) is 37.0 Å². The Balaban J connectivity index is 1.73. The molecule has 16 heavy (non-hydrogen) atoms. The van der Waals surface area contributed by atoms with Crippen LogP contribution in [0.2, 0.25) is 0 Å². The minimum absolute atomic E-state index is 0.653. The van der Waals surface area contributed by atoms with Gasteiger partial charge >= 0.3 is 0 Å². The zero-order valence-electron chi connectivity index (χ0n) is 9.62. The minimum Gasteiger partial charge on any atom is -0.425 e. The molecule has 90 valence electrons. The van der Waals surface area contributed by atoms with Gasteiger partial charge in [-0.15, -0.1) is 21.8 Å². The second-order valence-electron chi connectivity index (χ2n) is 4.57. The van der Waals surface area contributed by atoms with Gasteiger partial charge in [-0.25, -0.2) is 0 Å². The van der Waals surface area contributed by atoms with Crippen molar-refractivity contribution in [3.63, 3.8) is 0 Å². The van der Waals surface area contributed by atoms with Crippen molar-refractivity contribution in [3.8, 4) is 0 Å². The minimum atomic E-state index is 0.653. The fraction of sp³-hybridized carbons (Fsp3) is 0.833. The molecule has 0 unspecified atom stereocenters. The fourth-order valence-electron chi connectivity index (χ4n) is 2.34. The topological polar surface area (TPSA) is 38.9 Å². The van der Waals surface area contributed by atoms with Crippen LogP contribution in [0.15, 0.2) is 4.42 Å². The molecule has 1 aromatic heterocycles. The van der Waals surface area contributed by atoms with Gasteiger partial charge in [0.1, 0.15) is 0 Å². The Kier molecular flexibility index (Phi) is 4.64. The van der Waals surface area contributed by atoms with Gasteiger partial charge in [-0.1, -0.05) is 25.7 Å². The number of rotatable bonds is 6. The van der Waals surface area contributed by atoms with Gasteiger partial charge in [-0.3, -0.25) is 0 Å². The standard InChI is InChI=1S/C12H19ClN2O/c13-9-3-6-11-14-15-12(16-11)8-7-10-4-1-2-5-10/h10H,1-9H2. The summed E-state index contributed by atoms with van der Waals surface area (Å²) < 4.78 is 5.56. The molecular weight excluding hydrogens is 224 g/mol. The highest BCUT2D eigenvalue weighted by molar-refractivity contribution is 6.17. The van der Waals surface area contributed by atoms with E-state index in [9.17, 15) is 0 Å². The number of hydrogen-bond acceptors (Lipinski definition) is 3. The summed E-state index contributed by atoms with van der Waals surface area (Å²) in [6.45, 7) is 0. The zero-order chi connectivity index (χ0) is 11.2. The Morgan fingerprint density at radius 2 is 1.81 bits per heavy atom. The Morgan fingerprint density at radius 3 is 2.50 bits per heavy atom. The number of hydrogen-bond donors (Lipinski definition) is 0. The first-order valence-corrected chi connectivity index (χ1v) is 6.79. The van der Waals surface area contributed by atoms with E-state index in [1.54, 1.807) is 0 Å². The summed E-state index contributed by atoms with van der Waals surface area (Å²) >= 11 is 5.62. The molecule has 0 atom stereocenters. The van der Waals surface area contributed by atoms with Crippen LogP contribution in [0.5, 0.6) is 0 Å². The van der Waals surface area contributed by atoms with Crippen molar-refractivity contribution in [1.29, 1.82) is 0 Å². The average molecular weight is 243 g/mol. The van der Waals surface area contributed by atoms with Crippen molar-refractivity contribution in [2.75, 3.05) is 5.88 Å². The Labute approximate surface area is 102 Å².